The van der Waals surface area contributed by atoms with Crippen molar-refractivity contribution in [3.8, 4) is 0 Å². The molecule has 0 aliphatic carbocycles. The van der Waals surface area contributed by atoms with E-state index in [1.165, 1.54) is 16.2 Å². The molecule has 33 heavy (non-hydrogen) atoms. The molecular weight excluding hydrogens is 547 g/mol. The van der Waals surface area contributed by atoms with Gasteiger partial charge >= 0.3 is 0 Å². The Balaban J connectivity index is 1.57. The molecule has 0 spiro atoms. The monoisotopic (exact) mass is 558 g/mol. The highest BCUT2D eigenvalue weighted by Crippen LogP contribution is 2.38. The quantitative estimate of drug-likeness (QED) is 0.256. The van der Waals surface area contributed by atoms with Crippen LogP contribution in [-0.2, 0) is 0 Å². The summed E-state index contributed by atoms with van der Waals surface area (Å²) in [6, 6.07) is 18.9. The highest BCUT2D eigenvalue weighted by Gasteiger charge is 2.38. The van der Waals surface area contributed by atoms with Crippen molar-refractivity contribution in [3.63, 3.8) is 0 Å². The van der Waals surface area contributed by atoms with Crippen LogP contribution in [0.5, 0.6) is 0 Å². The molecule has 5 nitrogen and oxygen atoms in total. The van der Waals surface area contributed by atoms with Crippen molar-refractivity contribution in [1.29, 1.82) is 0 Å². The molecule has 3 aromatic carbocycles. The fourth-order valence-corrected chi connectivity index (χ4v) is 5.69. The molecule has 3 amide bonds. The highest BCUT2D eigenvalue weighted by atomic mass is 79.9. The van der Waals surface area contributed by atoms with E-state index in [-0.39, 0.29) is 6.67 Å². The first-order valence-corrected chi connectivity index (χ1v) is 12.1. The number of thiophene rings is 1. The zero-order valence-corrected chi connectivity index (χ0v) is 20.6. The lowest BCUT2D eigenvalue weighted by Crippen LogP contribution is -2.44. The number of anilines is 1. The number of halogens is 3. The van der Waals surface area contributed by atoms with Crippen molar-refractivity contribution in [3.05, 3.63) is 97.3 Å². The molecule has 0 fully saturated rings. The Morgan fingerprint density at radius 3 is 2.21 bits per heavy atom. The summed E-state index contributed by atoms with van der Waals surface area (Å²) in [4.78, 5) is 42.4. The summed E-state index contributed by atoms with van der Waals surface area (Å²) in [5.41, 5.74) is 1.16. The van der Waals surface area contributed by atoms with E-state index in [4.69, 9.17) is 23.2 Å². The number of fused-ring (bicyclic) bond motifs is 2. The summed E-state index contributed by atoms with van der Waals surface area (Å²) in [5, 5.41) is 1.56. The van der Waals surface area contributed by atoms with Gasteiger partial charge in [0, 0.05) is 25.3 Å². The number of hydrogen-bond donors (Lipinski definition) is 0. The number of rotatable bonds is 4. The highest BCUT2D eigenvalue weighted by molar-refractivity contribution is 9.10. The molecule has 1 aromatic heterocycles. The SMILES string of the molecule is O=C1c2ccccc2C(=O)N1CN(C(=O)c1sc2cc(Cl)ccc2c1Cl)c1ccc(Br)cc1. The fourth-order valence-electron chi connectivity index (χ4n) is 3.69. The summed E-state index contributed by atoms with van der Waals surface area (Å²) in [5.74, 6) is -1.31. The van der Waals surface area contributed by atoms with Crippen LogP contribution in [-0.4, -0.2) is 29.3 Å². The lowest BCUT2D eigenvalue weighted by Gasteiger charge is -2.27. The van der Waals surface area contributed by atoms with Gasteiger partial charge in [-0.15, -0.1) is 11.3 Å². The van der Waals surface area contributed by atoms with Crippen LogP contribution in [0.3, 0.4) is 0 Å². The van der Waals surface area contributed by atoms with Crippen molar-refractivity contribution >= 4 is 84.0 Å². The van der Waals surface area contributed by atoms with Gasteiger partial charge in [-0.2, -0.15) is 0 Å². The van der Waals surface area contributed by atoms with Crippen LogP contribution in [0, 0.1) is 0 Å². The van der Waals surface area contributed by atoms with Gasteiger partial charge in [0.1, 0.15) is 11.5 Å². The topological polar surface area (TPSA) is 57.7 Å². The van der Waals surface area contributed by atoms with Gasteiger partial charge < -0.3 is 0 Å². The van der Waals surface area contributed by atoms with Gasteiger partial charge in [-0.3, -0.25) is 24.2 Å². The molecule has 164 valence electrons. The van der Waals surface area contributed by atoms with E-state index < -0.39 is 17.7 Å². The van der Waals surface area contributed by atoms with Gasteiger partial charge in [0.05, 0.1) is 16.1 Å². The van der Waals surface area contributed by atoms with E-state index in [1.54, 1.807) is 66.7 Å². The first-order valence-electron chi connectivity index (χ1n) is 9.75. The van der Waals surface area contributed by atoms with Crippen LogP contribution in [0.4, 0.5) is 5.69 Å². The summed E-state index contributed by atoms with van der Waals surface area (Å²) in [6.07, 6.45) is 0. The van der Waals surface area contributed by atoms with Crippen molar-refractivity contribution in [2.75, 3.05) is 11.6 Å². The number of benzene rings is 3. The Morgan fingerprint density at radius 2 is 1.58 bits per heavy atom. The molecule has 0 saturated heterocycles. The molecule has 0 unspecified atom stereocenters. The number of imide groups is 1. The van der Waals surface area contributed by atoms with Gasteiger partial charge in [0.15, 0.2) is 0 Å². The first-order chi connectivity index (χ1) is 15.8. The summed E-state index contributed by atoms with van der Waals surface area (Å²) < 4.78 is 1.60. The minimum absolute atomic E-state index is 0.252. The van der Waals surface area contributed by atoms with Gasteiger partial charge in [-0.1, -0.05) is 57.3 Å². The zero-order valence-electron chi connectivity index (χ0n) is 16.7. The van der Waals surface area contributed by atoms with Gasteiger partial charge in [0.25, 0.3) is 17.7 Å². The molecule has 0 N–H and O–H groups in total. The minimum atomic E-state index is -0.445. The average molecular weight is 560 g/mol. The average Bonchev–Trinajstić information content (AvgIpc) is 3.26. The zero-order chi connectivity index (χ0) is 23.3. The molecule has 1 aliphatic heterocycles. The third-order valence-electron chi connectivity index (χ3n) is 5.33. The number of hydrogen-bond acceptors (Lipinski definition) is 4. The summed E-state index contributed by atoms with van der Waals surface area (Å²) in [6.45, 7) is -0.252. The number of amides is 3. The van der Waals surface area contributed by atoms with Crippen molar-refractivity contribution in [1.82, 2.24) is 4.90 Å². The maximum absolute atomic E-state index is 13.7. The van der Waals surface area contributed by atoms with E-state index in [0.29, 0.717) is 37.1 Å². The maximum Gasteiger partial charge on any atom is 0.271 e. The van der Waals surface area contributed by atoms with Gasteiger partial charge in [-0.05, 0) is 48.5 Å². The van der Waals surface area contributed by atoms with Crippen LogP contribution in [0.25, 0.3) is 10.1 Å². The lowest BCUT2D eigenvalue weighted by atomic mass is 10.1. The second-order valence-electron chi connectivity index (χ2n) is 7.32. The van der Waals surface area contributed by atoms with Crippen LogP contribution in [0.2, 0.25) is 10.0 Å². The van der Waals surface area contributed by atoms with E-state index in [9.17, 15) is 14.4 Å². The van der Waals surface area contributed by atoms with E-state index in [0.717, 1.165) is 14.1 Å². The minimum Gasteiger partial charge on any atom is -0.289 e. The number of nitrogens with zero attached hydrogens (tertiary/aromatic N) is 2. The van der Waals surface area contributed by atoms with Crippen molar-refractivity contribution < 1.29 is 14.4 Å². The Bertz CT molecular complexity index is 1420. The molecule has 5 rings (SSSR count). The molecule has 9 heteroatoms. The molecule has 0 bridgehead atoms. The Kier molecular flexibility index (Phi) is 5.74. The second-order valence-corrected chi connectivity index (χ2v) is 10.1. The predicted octanol–water partition coefficient (Wildman–Crippen LogP) is 6.87. The Labute approximate surface area is 211 Å². The molecule has 0 atom stereocenters. The number of carbonyl (C=O) groups is 3. The molecule has 2 heterocycles. The van der Waals surface area contributed by atoms with E-state index >= 15 is 0 Å². The Morgan fingerprint density at radius 1 is 0.939 bits per heavy atom. The summed E-state index contributed by atoms with van der Waals surface area (Å²) in [7, 11) is 0. The lowest BCUT2D eigenvalue weighted by molar-refractivity contribution is 0.0650. The van der Waals surface area contributed by atoms with Gasteiger partial charge in [-0.25, -0.2) is 0 Å². The predicted molar refractivity (Wildman–Crippen MR) is 135 cm³/mol. The third kappa shape index (κ3) is 3.85. The second kappa shape index (κ2) is 8.57. The van der Waals surface area contributed by atoms with Crippen LogP contribution in [0.15, 0.2) is 71.2 Å². The Hall–Kier alpha value is -2.71. The van der Waals surface area contributed by atoms with Crippen molar-refractivity contribution in [2.24, 2.45) is 0 Å². The standard InChI is InChI=1S/C24H13BrCl2N2O3S/c25-13-5-8-15(9-6-13)28(12-29-22(30)16-3-1-2-4-17(16)23(29)31)24(32)21-20(27)18-10-7-14(26)11-19(18)33-21/h1-11H,12H2. The fraction of sp³-hybridized carbons (Fsp3) is 0.0417. The smallest absolute Gasteiger partial charge is 0.271 e. The van der Waals surface area contributed by atoms with E-state index in [2.05, 4.69) is 15.9 Å². The molecule has 4 aromatic rings. The first kappa shape index (κ1) is 22.1. The third-order valence-corrected chi connectivity index (χ3v) is 7.74. The van der Waals surface area contributed by atoms with Crippen molar-refractivity contribution in [2.45, 2.75) is 0 Å². The normalized spacial score (nSPS) is 13.0. The largest absolute Gasteiger partial charge is 0.289 e. The molecule has 0 saturated carbocycles. The molecular formula is C24H13BrCl2N2O3S. The van der Waals surface area contributed by atoms with E-state index in [1.807, 2.05) is 0 Å². The summed E-state index contributed by atoms with van der Waals surface area (Å²) >= 11 is 17.3. The maximum atomic E-state index is 13.7. The van der Waals surface area contributed by atoms with Crippen LogP contribution >= 0.6 is 50.5 Å². The molecule has 1 aliphatic rings. The van der Waals surface area contributed by atoms with Gasteiger partial charge in [0.2, 0.25) is 0 Å². The number of carbonyl (C=O) groups excluding carboxylic acids is 3. The molecule has 0 radical (unpaired) electrons. The van der Waals surface area contributed by atoms with Crippen LogP contribution < -0.4 is 4.90 Å². The van der Waals surface area contributed by atoms with Crippen LogP contribution in [0.1, 0.15) is 30.4 Å².